The van der Waals surface area contributed by atoms with Crippen LogP contribution in [-0.4, -0.2) is 48.5 Å². The molecule has 0 unspecified atom stereocenters. The van der Waals surface area contributed by atoms with E-state index in [1.54, 1.807) is 24.3 Å². The third-order valence-corrected chi connectivity index (χ3v) is 3.64. The van der Waals surface area contributed by atoms with Crippen LogP contribution in [-0.2, 0) is 16.5 Å². The summed E-state index contributed by atoms with van der Waals surface area (Å²) in [6, 6.07) is 6.66. The Labute approximate surface area is 156 Å². The average Bonchev–Trinajstić information content (AvgIpc) is 3.01. The highest BCUT2D eigenvalue weighted by molar-refractivity contribution is 6.12. The minimum atomic E-state index is -0.799. The van der Waals surface area contributed by atoms with Crippen LogP contribution in [0.3, 0.4) is 0 Å². The van der Waals surface area contributed by atoms with Crippen molar-refractivity contribution in [1.82, 2.24) is 9.78 Å². The highest BCUT2D eigenvalue weighted by Crippen LogP contribution is 2.25. The van der Waals surface area contributed by atoms with Crippen molar-refractivity contribution >= 4 is 23.5 Å². The standard InChI is InChI=1S/C18H21N3O6/c1-5-10-27-12-9-7-6-8-11(12)16(22)19-13-14(17(23)25-3)20-21(2)15(13)18(24)26-4/h6-9H,5,10H2,1-4H3,(H,19,22). The molecule has 1 N–H and O–H groups in total. The van der Waals surface area contributed by atoms with Crippen LogP contribution in [0.25, 0.3) is 0 Å². The first-order chi connectivity index (χ1) is 12.9. The molecule has 2 rings (SSSR count). The zero-order valence-electron chi connectivity index (χ0n) is 15.6. The fourth-order valence-electron chi connectivity index (χ4n) is 2.39. The summed E-state index contributed by atoms with van der Waals surface area (Å²) < 4.78 is 16.1. The van der Waals surface area contributed by atoms with E-state index in [1.807, 2.05) is 6.92 Å². The molecule has 0 aliphatic carbocycles. The number of anilines is 1. The molecule has 0 saturated carbocycles. The molecular weight excluding hydrogens is 354 g/mol. The molecule has 1 aromatic heterocycles. The third kappa shape index (κ3) is 4.25. The lowest BCUT2D eigenvalue weighted by atomic mass is 10.1. The monoisotopic (exact) mass is 375 g/mol. The molecule has 1 heterocycles. The molecule has 0 aliphatic heterocycles. The number of nitrogens with one attached hydrogen (secondary N) is 1. The van der Waals surface area contributed by atoms with Gasteiger partial charge in [0.15, 0.2) is 11.4 Å². The topological polar surface area (TPSA) is 109 Å². The predicted octanol–water partition coefficient (Wildman–Crippen LogP) is 2.03. The van der Waals surface area contributed by atoms with E-state index in [2.05, 4.69) is 15.2 Å². The van der Waals surface area contributed by atoms with Gasteiger partial charge in [-0.3, -0.25) is 9.48 Å². The molecule has 0 spiro atoms. The van der Waals surface area contributed by atoms with Crippen molar-refractivity contribution in [3.05, 3.63) is 41.2 Å². The van der Waals surface area contributed by atoms with E-state index in [0.29, 0.717) is 12.4 Å². The van der Waals surface area contributed by atoms with Crippen molar-refractivity contribution in [1.29, 1.82) is 0 Å². The minimum absolute atomic E-state index is 0.0850. The second-order valence-corrected chi connectivity index (χ2v) is 5.48. The van der Waals surface area contributed by atoms with Gasteiger partial charge in [-0.2, -0.15) is 5.10 Å². The highest BCUT2D eigenvalue weighted by atomic mass is 16.5. The summed E-state index contributed by atoms with van der Waals surface area (Å²) in [5.41, 5.74) is -0.133. The van der Waals surface area contributed by atoms with E-state index in [1.165, 1.54) is 21.3 Å². The molecule has 0 saturated heterocycles. The van der Waals surface area contributed by atoms with Crippen molar-refractivity contribution in [3.63, 3.8) is 0 Å². The van der Waals surface area contributed by atoms with E-state index in [9.17, 15) is 14.4 Å². The molecule has 1 aromatic carbocycles. The third-order valence-electron chi connectivity index (χ3n) is 3.64. The van der Waals surface area contributed by atoms with Crippen LogP contribution in [0.2, 0.25) is 0 Å². The van der Waals surface area contributed by atoms with Crippen LogP contribution in [0.1, 0.15) is 44.7 Å². The van der Waals surface area contributed by atoms with Gasteiger partial charge in [0.2, 0.25) is 0 Å². The summed E-state index contributed by atoms with van der Waals surface area (Å²) in [5.74, 6) is -1.73. The van der Waals surface area contributed by atoms with Crippen LogP contribution in [0.4, 0.5) is 5.69 Å². The number of hydrogen-bond donors (Lipinski definition) is 1. The van der Waals surface area contributed by atoms with Gasteiger partial charge in [-0.05, 0) is 18.6 Å². The van der Waals surface area contributed by atoms with Gasteiger partial charge >= 0.3 is 11.9 Å². The van der Waals surface area contributed by atoms with Crippen LogP contribution < -0.4 is 10.1 Å². The Hall–Kier alpha value is -3.36. The number of hydrogen-bond acceptors (Lipinski definition) is 7. The fourth-order valence-corrected chi connectivity index (χ4v) is 2.39. The number of nitrogens with zero attached hydrogens (tertiary/aromatic N) is 2. The number of aromatic nitrogens is 2. The average molecular weight is 375 g/mol. The molecule has 0 aliphatic rings. The first-order valence-electron chi connectivity index (χ1n) is 8.21. The molecule has 0 atom stereocenters. The first-order valence-corrected chi connectivity index (χ1v) is 8.21. The summed E-state index contributed by atoms with van der Waals surface area (Å²) in [7, 11) is 3.81. The maximum Gasteiger partial charge on any atom is 0.360 e. The van der Waals surface area contributed by atoms with Gasteiger partial charge in [0.1, 0.15) is 11.4 Å². The highest BCUT2D eigenvalue weighted by Gasteiger charge is 2.29. The Morgan fingerprint density at radius 1 is 1.11 bits per heavy atom. The van der Waals surface area contributed by atoms with Gasteiger partial charge in [-0.25, -0.2) is 9.59 Å². The second-order valence-electron chi connectivity index (χ2n) is 5.48. The lowest BCUT2D eigenvalue weighted by molar-refractivity contribution is 0.0583. The van der Waals surface area contributed by atoms with Gasteiger partial charge in [0.25, 0.3) is 5.91 Å². The van der Waals surface area contributed by atoms with Crippen LogP contribution in [0.5, 0.6) is 5.75 Å². The number of aryl methyl sites for hydroxylation is 1. The van der Waals surface area contributed by atoms with E-state index in [0.717, 1.165) is 11.1 Å². The van der Waals surface area contributed by atoms with Crippen molar-refractivity contribution in [2.24, 2.45) is 7.05 Å². The smallest absolute Gasteiger partial charge is 0.360 e. The van der Waals surface area contributed by atoms with Crippen LogP contribution in [0, 0.1) is 0 Å². The number of esters is 2. The number of ether oxygens (including phenoxy) is 3. The zero-order valence-corrected chi connectivity index (χ0v) is 15.6. The summed E-state index contributed by atoms with van der Waals surface area (Å²) in [4.78, 5) is 36.9. The minimum Gasteiger partial charge on any atom is -0.493 e. The molecule has 0 fully saturated rings. The van der Waals surface area contributed by atoms with Gasteiger partial charge in [0.05, 0.1) is 26.4 Å². The molecule has 27 heavy (non-hydrogen) atoms. The molecule has 9 nitrogen and oxygen atoms in total. The molecule has 0 bridgehead atoms. The summed E-state index contributed by atoms with van der Waals surface area (Å²) in [6.07, 6.45) is 0.775. The van der Waals surface area contributed by atoms with E-state index < -0.39 is 17.8 Å². The van der Waals surface area contributed by atoms with Crippen molar-refractivity contribution in [3.8, 4) is 5.75 Å². The predicted molar refractivity (Wildman–Crippen MR) is 96.1 cm³/mol. The van der Waals surface area contributed by atoms with Crippen molar-refractivity contribution in [2.45, 2.75) is 13.3 Å². The Kier molecular flexibility index (Phi) is 6.53. The second kappa shape index (κ2) is 8.84. The van der Waals surface area contributed by atoms with E-state index >= 15 is 0 Å². The molecule has 0 radical (unpaired) electrons. The lowest BCUT2D eigenvalue weighted by Crippen LogP contribution is -2.19. The van der Waals surface area contributed by atoms with Gasteiger partial charge in [0, 0.05) is 7.05 Å². The molecule has 1 amide bonds. The summed E-state index contributed by atoms with van der Waals surface area (Å²) in [6.45, 7) is 2.39. The summed E-state index contributed by atoms with van der Waals surface area (Å²) >= 11 is 0. The fraction of sp³-hybridized carbons (Fsp3) is 0.333. The first kappa shape index (κ1) is 20.0. The number of benzene rings is 1. The lowest BCUT2D eigenvalue weighted by Gasteiger charge is -2.12. The molecule has 2 aromatic rings. The number of rotatable bonds is 7. The molecule has 9 heteroatoms. The number of para-hydroxylation sites is 1. The normalized spacial score (nSPS) is 10.2. The van der Waals surface area contributed by atoms with Gasteiger partial charge in [-0.1, -0.05) is 19.1 Å². The zero-order chi connectivity index (χ0) is 20.0. The van der Waals surface area contributed by atoms with Crippen molar-refractivity contribution < 1.29 is 28.6 Å². The van der Waals surface area contributed by atoms with E-state index in [-0.39, 0.29) is 22.6 Å². The SMILES string of the molecule is CCCOc1ccccc1C(=O)Nc1c(C(=O)OC)nn(C)c1C(=O)OC. The number of methoxy groups -OCH3 is 2. The van der Waals surface area contributed by atoms with Gasteiger partial charge in [-0.15, -0.1) is 0 Å². The largest absolute Gasteiger partial charge is 0.493 e. The Balaban J connectivity index is 2.46. The molecule has 144 valence electrons. The maximum atomic E-state index is 12.8. The maximum absolute atomic E-state index is 12.8. The van der Waals surface area contributed by atoms with Gasteiger partial charge < -0.3 is 19.5 Å². The molecular formula is C18H21N3O6. The Morgan fingerprint density at radius 3 is 2.41 bits per heavy atom. The number of carbonyl (C=O) groups is 3. The number of amides is 1. The van der Waals surface area contributed by atoms with Crippen molar-refractivity contribution in [2.75, 3.05) is 26.1 Å². The Bertz CT molecular complexity index is 859. The van der Waals surface area contributed by atoms with Crippen LogP contribution in [0.15, 0.2) is 24.3 Å². The quantitative estimate of drug-likeness (QED) is 0.738. The number of carbonyl (C=O) groups excluding carboxylic acids is 3. The Morgan fingerprint density at radius 2 is 1.78 bits per heavy atom. The van der Waals surface area contributed by atoms with E-state index in [4.69, 9.17) is 9.47 Å². The van der Waals surface area contributed by atoms with Crippen LogP contribution >= 0.6 is 0 Å². The summed E-state index contributed by atoms with van der Waals surface area (Å²) in [5, 5.41) is 6.52.